The van der Waals surface area contributed by atoms with Crippen molar-refractivity contribution in [3.05, 3.63) is 95.8 Å². The molecule has 0 atom stereocenters. The fraction of sp³-hybridized carbons (Fsp3) is 0.222. The molecule has 0 aliphatic rings. The lowest BCUT2D eigenvalue weighted by Gasteiger charge is -2.19. The van der Waals surface area contributed by atoms with Crippen molar-refractivity contribution in [2.45, 2.75) is 25.7 Å². The molecule has 6 nitrogen and oxygen atoms in total. The monoisotopic (exact) mass is 475 g/mol. The number of amides is 1. The van der Waals surface area contributed by atoms with Gasteiger partial charge in [0.05, 0.1) is 11.3 Å². The van der Waals surface area contributed by atoms with Crippen LogP contribution in [0.15, 0.2) is 72.9 Å². The number of aromatic amines is 1. The van der Waals surface area contributed by atoms with Gasteiger partial charge in [-0.15, -0.1) is 0 Å². The molecule has 8 heteroatoms. The van der Waals surface area contributed by atoms with Gasteiger partial charge in [0.2, 0.25) is 0 Å². The summed E-state index contributed by atoms with van der Waals surface area (Å²) < 4.78 is 26.6. The maximum Gasteiger partial charge on any atom is 0.257 e. The molecule has 4 rings (SSSR count). The van der Waals surface area contributed by atoms with Gasteiger partial charge in [-0.3, -0.25) is 9.89 Å². The van der Waals surface area contributed by atoms with E-state index < -0.39 is 0 Å². The molecular formula is C27H27F2N5O. The zero-order chi connectivity index (χ0) is 24.6. The number of carbonyl (C=O) groups is 1. The molecule has 2 aromatic heterocycles. The van der Waals surface area contributed by atoms with Crippen molar-refractivity contribution in [3.63, 3.8) is 0 Å². The smallest absolute Gasteiger partial charge is 0.257 e. The van der Waals surface area contributed by atoms with Gasteiger partial charge in [-0.1, -0.05) is 12.5 Å². The minimum Gasteiger partial charge on any atom is -0.342 e. The number of aryl methyl sites for hydroxylation is 1. The van der Waals surface area contributed by atoms with E-state index in [1.165, 1.54) is 24.3 Å². The third-order valence-electron chi connectivity index (χ3n) is 5.68. The van der Waals surface area contributed by atoms with Gasteiger partial charge in [0.1, 0.15) is 17.5 Å². The predicted molar refractivity (Wildman–Crippen MR) is 132 cm³/mol. The Morgan fingerprint density at radius 3 is 2.60 bits per heavy atom. The maximum atomic E-state index is 13.5. The molecule has 180 valence electrons. The topological polar surface area (TPSA) is 73.9 Å². The zero-order valence-electron chi connectivity index (χ0n) is 19.5. The highest BCUT2D eigenvalue weighted by Gasteiger charge is 2.17. The van der Waals surface area contributed by atoms with Gasteiger partial charge in [-0.25, -0.2) is 13.8 Å². The molecule has 2 aromatic carbocycles. The molecule has 35 heavy (non-hydrogen) atoms. The highest BCUT2D eigenvalue weighted by molar-refractivity contribution is 5.99. The largest absolute Gasteiger partial charge is 0.342 e. The third kappa shape index (κ3) is 6.50. The number of aromatic nitrogens is 3. The van der Waals surface area contributed by atoms with Gasteiger partial charge >= 0.3 is 0 Å². The van der Waals surface area contributed by atoms with Crippen LogP contribution >= 0.6 is 0 Å². The number of hydrogen-bond acceptors (Lipinski definition) is 4. The molecule has 0 spiro atoms. The van der Waals surface area contributed by atoms with Crippen molar-refractivity contribution in [1.82, 2.24) is 20.1 Å². The van der Waals surface area contributed by atoms with Crippen LogP contribution in [-0.4, -0.2) is 39.6 Å². The molecule has 2 N–H and O–H groups in total. The molecule has 0 radical (unpaired) electrons. The fourth-order valence-corrected chi connectivity index (χ4v) is 3.79. The summed E-state index contributed by atoms with van der Waals surface area (Å²) in [4.78, 5) is 18.9. The molecule has 1 amide bonds. The highest BCUT2D eigenvalue weighted by atomic mass is 19.1. The number of rotatable bonds is 10. The zero-order valence-corrected chi connectivity index (χ0v) is 19.5. The Morgan fingerprint density at radius 1 is 0.971 bits per heavy atom. The van der Waals surface area contributed by atoms with Crippen LogP contribution in [0.4, 0.5) is 20.3 Å². The van der Waals surface area contributed by atoms with Gasteiger partial charge in [0.25, 0.3) is 5.91 Å². The molecule has 2 heterocycles. The van der Waals surface area contributed by atoms with E-state index in [-0.39, 0.29) is 17.5 Å². The number of anilines is 2. The lowest BCUT2D eigenvalue weighted by atomic mass is 10.1. The Kier molecular flexibility index (Phi) is 7.82. The average molecular weight is 476 g/mol. The van der Waals surface area contributed by atoms with E-state index in [9.17, 15) is 13.6 Å². The summed E-state index contributed by atoms with van der Waals surface area (Å²) in [5, 5.41) is 10.4. The molecule has 4 aromatic rings. The van der Waals surface area contributed by atoms with Crippen LogP contribution in [0.5, 0.6) is 0 Å². The Hall–Kier alpha value is -4.07. The van der Waals surface area contributed by atoms with Crippen molar-refractivity contribution < 1.29 is 13.6 Å². The number of H-pyrrole nitrogens is 1. The van der Waals surface area contributed by atoms with Crippen LogP contribution in [0.25, 0.3) is 11.3 Å². The number of pyridine rings is 1. The van der Waals surface area contributed by atoms with Gasteiger partial charge in [-0.2, -0.15) is 5.10 Å². The minimum atomic E-state index is -0.363. The standard InChI is InChI=1S/C27H27F2N5O/c1-34(27(35)24-10-6-15-30-26(24)31-22-9-5-7-21(29)17-22)16-4-2-3-8-23-18-25(33-32-23)19-11-13-20(28)14-12-19/h5-7,9-15,17-18H,2-4,8,16H2,1H3,(H,30,31)(H,32,33). The van der Waals surface area contributed by atoms with Crippen LogP contribution in [0, 0.1) is 11.6 Å². The van der Waals surface area contributed by atoms with E-state index in [0.29, 0.717) is 23.6 Å². The van der Waals surface area contributed by atoms with E-state index in [4.69, 9.17) is 0 Å². The first-order valence-electron chi connectivity index (χ1n) is 11.5. The van der Waals surface area contributed by atoms with Gasteiger partial charge in [0.15, 0.2) is 0 Å². The summed E-state index contributed by atoms with van der Waals surface area (Å²) in [6, 6.07) is 17.7. The molecular weight excluding hydrogens is 448 g/mol. The molecule has 0 bridgehead atoms. The number of unbranched alkanes of at least 4 members (excludes halogenated alkanes) is 2. The van der Waals surface area contributed by atoms with Crippen LogP contribution < -0.4 is 5.32 Å². The number of carbonyl (C=O) groups excluding carboxylic acids is 1. The first-order chi connectivity index (χ1) is 17.0. The number of nitrogens with one attached hydrogen (secondary N) is 2. The first-order valence-corrected chi connectivity index (χ1v) is 11.5. The van der Waals surface area contributed by atoms with Gasteiger partial charge in [0, 0.05) is 36.7 Å². The first kappa shape index (κ1) is 24.1. The van der Waals surface area contributed by atoms with Crippen molar-refractivity contribution in [3.8, 4) is 11.3 Å². The summed E-state index contributed by atoms with van der Waals surface area (Å²) in [5.41, 5.74) is 3.66. The normalized spacial score (nSPS) is 10.8. The maximum absolute atomic E-state index is 13.5. The summed E-state index contributed by atoms with van der Waals surface area (Å²) in [5.74, 6) is -0.381. The van der Waals surface area contributed by atoms with E-state index >= 15 is 0 Å². The van der Waals surface area contributed by atoms with Crippen molar-refractivity contribution in [2.24, 2.45) is 0 Å². The van der Waals surface area contributed by atoms with E-state index in [1.54, 1.807) is 54.5 Å². The van der Waals surface area contributed by atoms with Crippen molar-refractivity contribution in [2.75, 3.05) is 18.9 Å². The predicted octanol–water partition coefficient (Wildman–Crippen LogP) is 5.98. The second-order valence-electron chi connectivity index (χ2n) is 8.36. The number of benzene rings is 2. The third-order valence-corrected chi connectivity index (χ3v) is 5.68. The lowest BCUT2D eigenvalue weighted by molar-refractivity contribution is 0.0793. The number of hydrogen-bond donors (Lipinski definition) is 2. The van der Waals surface area contributed by atoms with Crippen LogP contribution in [0.2, 0.25) is 0 Å². The summed E-state index contributed by atoms with van der Waals surface area (Å²) in [6.07, 6.45) is 5.19. The molecule has 0 aliphatic heterocycles. The molecule has 0 fully saturated rings. The van der Waals surface area contributed by atoms with E-state index in [2.05, 4.69) is 20.5 Å². The van der Waals surface area contributed by atoms with Gasteiger partial charge in [-0.05, 0) is 79.9 Å². The minimum absolute atomic E-state index is 0.144. The van der Waals surface area contributed by atoms with Gasteiger partial charge < -0.3 is 10.2 Å². The number of nitrogens with zero attached hydrogens (tertiary/aromatic N) is 3. The van der Waals surface area contributed by atoms with Crippen molar-refractivity contribution >= 4 is 17.4 Å². The van der Waals surface area contributed by atoms with E-state index in [1.807, 2.05) is 6.07 Å². The molecule has 0 unspecified atom stereocenters. The second-order valence-corrected chi connectivity index (χ2v) is 8.36. The number of halogens is 2. The quantitative estimate of drug-likeness (QED) is 0.277. The summed E-state index contributed by atoms with van der Waals surface area (Å²) in [7, 11) is 1.77. The van der Waals surface area contributed by atoms with Crippen molar-refractivity contribution in [1.29, 1.82) is 0 Å². The molecule has 0 aliphatic carbocycles. The summed E-state index contributed by atoms with van der Waals surface area (Å²) >= 11 is 0. The second kappa shape index (κ2) is 11.4. The fourth-order valence-electron chi connectivity index (χ4n) is 3.79. The average Bonchev–Trinajstić information content (AvgIpc) is 3.33. The molecule has 0 saturated heterocycles. The summed E-state index contributed by atoms with van der Waals surface area (Å²) in [6.45, 7) is 0.608. The van der Waals surface area contributed by atoms with Crippen LogP contribution in [-0.2, 0) is 6.42 Å². The van der Waals surface area contributed by atoms with Crippen LogP contribution in [0.3, 0.4) is 0 Å². The Bertz CT molecular complexity index is 1270. The Balaban J connectivity index is 1.25. The lowest BCUT2D eigenvalue weighted by Crippen LogP contribution is -2.28. The Morgan fingerprint density at radius 2 is 1.80 bits per heavy atom. The van der Waals surface area contributed by atoms with Crippen LogP contribution in [0.1, 0.15) is 35.3 Å². The highest BCUT2D eigenvalue weighted by Crippen LogP contribution is 2.21. The van der Waals surface area contributed by atoms with E-state index in [0.717, 1.165) is 42.6 Å². The SMILES string of the molecule is CN(CCCCCc1cc(-c2ccc(F)cc2)n[nH]1)C(=O)c1cccnc1Nc1cccc(F)c1. The Labute approximate surface area is 203 Å². The molecule has 0 saturated carbocycles.